The first-order valence-electron chi connectivity index (χ1n) is 6.12. The summed E-state index contributed by atoms with van der Waals surface area (Å²) >= 11 is 0. The first kappa shape index (κ1) is 12.7. The van der Waals surface area contributed by atoms with Crippen molar-refractivity contribution in [3.8, 4) is 6.07 Å². The summed E-state index contributed by atoms with van der Waals surface area (Å²) in [6.07, 6.45) is 1.55. The van der Waals surface area contributed by atoms with Crippen molar-refractivity contribution in [3.05, 3.63) is 35.6 Å². The molecule has 0 aliphatic carbocycles. The van der Waals surface area contributed by atoms with Crippen LogP contribution in [0.3, 0.4) is 0 Å². The van der Waals surface area contributed by atoms with Gasteiger partial charge in [0.15, 0.2) is 5.78 Å². The fourth-order valence-corrected chi connectivity index (χ4v) is 2.30. The van der Waals surface area contributed by atoms with Crippen molar-refractivity contribution in [3.63, 3.8) is 0 Å². The van der Waals surface area contributed by atoms with E-state index in [2.05, 4.69) is 5.32 Å². The van der Waals surface area contributed by atoms with Crippen LogP contribution in [-0.2, 0) is 4.79 Å². The molecule has 1 unspecified atom stereocenters. The monoisotopic (exact) mass is 246 g/mol. The topological polar surface area (TPSA) is 52.9 Å². The van der Waals surface area contributed by atoms with Gasteiger partial charge in [-0.2, -0.15) is 5.26 Å². The largest absolute Gasteiger partial charge is 0.317 e. The quantitative estimate of drug-likeness (QED) is 0.887. The zero-order valence-corrected chi connectivity index (χ0v) is 10.0. The molecule has 1 aliphatic rings. The zero-order valence-electron chi connectivity index (χ0n) is 10.0. The van der Waals surface area contributed by atoms with Crippen LogP contribution in [0.25, 0.3) is 0 Å². The maximum absolute atomic E-state index is 12.8. The van der Waals surface area contributed by atoms with E-state index >= 15 is 0 Å². The Morgan fingerprint density at radius 2 is 1.94 bits per heavy atom. The van der Waals surface area contributed by atoms with Gasteiger partial charge in [0.05, 0.1) is 6.07 Å². The molecule has 0 bridgehead atoms. The second-order valence-corrected chi connectivity index (χ2v) is 4.54. The summed E-state index contributed by atoms with van der Waals surface area (Å²) in [6, 6.07) is 7.65. The van der Waals surface area contributed by atoms with E-state index in [0.29, 0.717) is 5.56 Å². The summed E-state index contributed by atoms with van der Waals surface area (Å²) in [5.41, 5.74) is 0.586. The molecule has 3 nitrogen and oxygen atoms in total. The van der Waals surface area contributed by atoms with Crippen molar-refractivity contribution in [2.24, 2.45) is 5.92 Å². The Balaban J connectivity index is 2.15. The highest BCUT2D eigenvalue weighted by molar-refractivity contribution is 5.90. The van der Waals surface area contributed by atoms with Crippen molar-refractivity contribution < 1.29 is 9.18 Å². The minimum atomic E-state index is -0.770. The Morgan fingerprint density at radius 3 is 2.50 bits per heavy atom. The third-order valence-electron chi connectivity index (χ3n) is 3.36. The van der Waals surface area contributed by atoms with Gasteiger partial charge < -0.3 is 5.32 Å². The number of ketones is 1. The number of benzene rings is 1. The Labute approximate surface area is 106 Å². The van der Waals surface area contributed by atoms with Crippen molar-refractivity contribution >= 4 is 5.78 Å². The fraction of sp³-hybridized carbons (Fsp3) is 0.429. The lowest BCUT2D eigenvalue weighted by Gasteiger charge is -2.23. The molecule has 1 saturated heterocycles. The van der Waals surface area contributed by atoms with Crippen molar-refractivity contribution in [1.29, 1.82) is 5.26 Å². The van der Waals surface area contributed by atoms with Crippen molar-refractivity contribution in [2.75, 3.05) is 13.1 Å². The highest BCUT2D eigenvalue weighted by Gasteiger charge is 2.29. The van der Waals surface area contributed by atoms with Crippen LogP contribution in [0.1, 0.15) is 24.3 Å². The van der Waals surface area contributed by atoms with Gasteiger partial charge in [-0.25, -0.2) is 4.39 Å². The number of rotatable bonds is 3. The summed E-state index contributed by atoms with van der Waals surface area (Å²) in [6.45, 7) is 1.63. The maximum atomic E-state index is 12.8. The number of halogens is 1. The molecule has 0 amide bonds. The minimum Gasteiger partial charge on any atom is -0.317 e. The number of nitriles is 1. The Hall–Kier alpha value is -1.73. The van der Waals surface area contributed by atoms with E-state index in [4.69, 9.17) is 5.26 Å². The third-order valence-corrected chi connectivity index (χ3v) is 3.36. The average Bonchev–Trinajstić information content (AvgIpc) is 2.42. The van der Waals surface area contributed by atoms with Crippen molar-refractivity contribution in [1.82, 2.24) is 5.32 Å². The van der Waals surface area contributed by atoms with Crippen LogP contribution in [0.5, 0.6) is 0 Å². The highest BCUT2D eigenvalue weighted by atomic mass is 19.1. The molecular weight excluding hydrogens is 231 g/mol. The van der Waals surface area contributed by atoms with Crippen LogP contribution in [0.4, 0.5) is 4.39 Å². The number of carbonyl (C=O) groups excluding carboxylic acids is 1. The van der Waals surface area contributed by atoms with Gasteiger partial charge in [-0.15, -0.1) is 0 Å². The molecule has 0 aromatic heterocycles. The summed E-state index contributed by atoms with van der Waals surface area (Å²) < 4.78 is 12.8. The molecular formula is C14H15FN2O. The van der Waals surface area contributed by atoms with E-state index in [1.54, 1.807) is 0 Å². The van der Waals surface area contributed by atoms with Crippen LogP contribution in [0, 0.1) is 23.1 Å². The van der Waals surface area contributed by atoms with Gasteiger partial charge in [-0.3, -0.25) is 4.79 Å². The fourth-order valence-electron chi connectivity index (χ4n) is 2.30. The molecule has 1 aromatic carbocycles. The molecule has 18 heavy (non-hydrogen) atoms. The van der Waals surface area contributed by atoms with E-state index in [1.807, 2.05) is 6.07 Å². The zero-order chi connectivity index (χ0) is 13.0. The predicted octanol–water partition coefficient (Wildman–Crippen LogP) is 2.00. The predicted molar refractivity (Wildman–Crippen MR) is 65.4 cm³/mol. The van der Waals surface area contributed by atoms with E-state index in [-0.39, 0.29) is 17.5 Å². The standard InChI is InChI=1S/C14H15FN2O/c15-12-3-1-10(2-4-12)13(9-16)14(18)11-5-7-17-8-6-11/h1-4,11,13,17H,5-8H2. The summed E-state index contributed by atoms with van der Waals surface area (Å²) in [5.74, 6) is -1.22. The van der Waals surface area contributed by atoms with Crippen LogP contribution in [-0.4, -0.2) is 18.9 Å². The summed E-state index contributed by atoms with van der Waals surface area (Å²) in [5, 5.41) is 12.4. The number of Topliss-reactive ketones (excluding diaryl/α,β-unsaturated/α-hetero) is 1. The summed E-state index contributed by atoms with van der Waals surface area (Å²) in [7, 11) is 0. The lowest BCUT2D eigenvalue weighted by molar-refractivity contribution is -0.123. The minimum absolute atomic E-state index is 0.0365. The van der Waals surface area contributed by atoms with Gasteiger partial charge in [0, 0.05) is 5.92 Å². The molecule has 1 heterocycles. The molecule has 0 saturated carbocycles. The van der Waals surface area contributed by atoms with Gasteiger partial charge in [0.25, 0.3) is 0 Å². The maximum Gasteiger partial charge on any atom is 0.157 e. The lowest BCUT2D eigenvalue weighted by atomic mass is 9.83. The number of hydrogen-bond donors (Lipinski definition) is 1. The number of nitrogens with zero attached hydrogens (tertiary/aromatic N) is 1. The molecule has 1 atom stereocenters. The Morgan fingerprint density at radius 1 is 1.33 bits per heavy atom. The van der Waals surface area contributed by atoms with E-state index in [1.165, 1.54) is 24.3 Å². The second kappa shape index (κ2) is 5.74. The van der Waals surface area contributed by atoms with Gasteiger partial charge in [0.2, 0.25) is 0 Å². The summed E-state index contributed by atoms with van der Waals surface area (Å²) in [4.78, 5) is 12.3. The molecule has 4 heteroatoms. The van der Waals surface area contributed by atoms with Crippen LogP contribution in [0.2, 0.25) is 0 Å². The molecule has 1 aromatic rings. The molecule has 1 fully saturated rings. The lowest BCUT2D eigenvalue weighted by Crippen LogP contribution is -2.33. The molecule has 1 N–H and O–H groups in total. The molecule has 0 radical (unpaired) electrons. The van der Waals surface area contributed by atoms with Gasteiger partial charge in [-0.1, -0.05) is 12.1 Å². The van der Waals surface area contributed by atoms with Crippen LogP contribution in [0.15, 0.2) is 24.3 Å². The number of hydrogen-bond acceptors (Lipinski definition) is 3. The van der Waals surface area contributed by atoms with Gasteiger partial charge in [-0.05, 0) is 43.6 Å². The van der Waals surface area contributed by atoms with Gasteiger partial charge >= 0.3 is 0 Å². The molecule has 1 aliphatic heterocycles. The van der Waals surface area contributed by atoms with Crippen LogP contribution >= 0.6 is 0 Å². The first-order chi connectivity index (χ1) is 8.72. The average molecular weight is 246 g/mol. The normalized spacial score (nSPS) is 18.0. The van der Waals surface area contributed by atoms with Gasteiger partial charge in [0.1, 0.15) is 11.7 Å². The smallest absolute Gasteiger partial charge is 0.157 e. The number of nitrogens with one attached hydrogen (secondary N) is 1. The van der Waals surface area contributed by atoms with E-state index < -0.39 is 5.92 Å². The first-order valence-corrected chi connectivity index (χ1v) is 6.12. The Kier molecular flexibility index (Phi) is 4.06. The molecule has 2 rings (SSSR count). The van der Waals surface area contributed by atoms with Crippen molar-refractivity contribution in [2.45, 2.75) is 18.8 Å². The number of carbonyl (C=O) groups is 1. The second-order valence-electron chi connectivity index (χ2n) is 4.54. The highest BCUT2D eigenvalue weighted by Crippen LogP contribution is 2.24. The number of piperidine rings is 1. The van der Waals surface area contributed by atoms with E-state index in [9.17, 15) is 9.18 Å². The molecule has 0 spiro atoms. The Bertz CT molecular complexity index is 458. The third kappa shape index (κ3) is 2.74. The van der Waals surface area contributed by atoms with E-state index in [0.717, 1.165) is 25.9 Å². The van der Waals surface area contributed by atoms with Crippen LogP contribution < -0.4 is 5.32 Å². The molecule has 94 valence electrons. The SMILES string of the molecule is N#CC(C(=O)C1CCNCC1)c1ccc(F)cc1.